The normalized spacial score (nSPS) is 24.4. The van der Waals surface area contributed by atoms with Crippen LogP contribution in [-0.2, 0) is 24.3 Å². The molecule has 0 N–H and O–H groups in total. The van der Waals surface area contributed by atoms with Crippen molar-refractivity contribution in [2.75, 3.05) is 18.5 Å². The summed E-state index contributed by atoms with van der Waals surface area (Å²) in [5.41, 5.74) is 1.23. The van der Waals surface area contributed by atoms with Gasteiger partial charge in [0, 0.05) is 0 Å². The third-order valence-corrected chi connectivity index (χ3v) is 12.1. The van der Waals surface area contributed by atoms with Crippen LogP contribution in [0.1, 0.15) is 18.4 Å². The molecule has 0 aliphatic carbocycles. The van der Waals surface area contributed by atoms with E-state index in [9.17, 15) is 18.0 Å². The Hall–Kier alpha value is -3.33. The van der Waals surface area contributed by atoms with Crippen LogP contribution in [-0.4, -0.2) is 65.2 Å². The van der Waals surface area contributed by atoms with Gasteiger partial charge in [0.2, 0.25) is 0 Å². The van der Waals surface area contributed by atoms with Gasteiger partial charge >= 0.3 is 223 Å². The van der Waals surface area contributed by atoms with Crippen molar-refractivity contribution in [1.82, 2.24) is 4.90 Å². The minimum atomic E-state index is -4.12. The summed E-state index contributed by atoms with van der Waals surface area (Å²) in [6.07, 6.45) is -1.81. The van der Waals surface area contributed by atoms with E-state index >= 15 is 0 Å². The number of hydrogen-bond acceptors (Lipinski definition) is 6. The molecule has 0 spiro atoms. The number of esters is 1. The molecule has 1 fully saturated rings. The van der Waals surface area contributed by atoms with E-state index in [0.717, 1.165) is 10.0 Å². The Morgan fingerprint density at radius 1 is 0.865 bits per heavy atom. The number of carbonyl (C=O) groups is 2. The van der Waals surface area contributed by atoms with Gasteiger partial charge < -0.3 is 0 Å². The van der Waals surface area contributed by atoms with Gasteiger partial charge in [0.25, 0.3) is 0 Å². The van der Waals surface area contributed by atoms with Gasteiger partial charge in [-0.3, -0.25) is 0 Å². The zero-order valence-corrected chi connectivity index (χ0v) is 23.0. The van der Waals surface area contributed by atoms with Crippen LogP contribution in [0.25, 0.3) is 0 Å². The molecule has 0 aromatic heterocycles. The first kappa shape index (κ1) is 25.3. The van der Waals surface area contributed by atoms with Crippen LogP contribution in [0.5, 0.6) is 0 Å². The Bertz CT molecular complexity index is 1440. The van der Waals surface area contributed by atoms with Crippen molar-refractivity contribution < 1.29 is 27.5 Å². The van der Waals surface area contributed by atoms with Gasteiger partial charge in [-0.05, 0) is 0 Å². The fourth-order valence-corrected chi connectivity index (χ4v) is 10.1. The molecule has 0 bridgehead atoms. The number of hydrogen-bond donors (Lipinski definition) is 0. The summed E-state index contributed by atoms with van der Waals surface area (Å²) >= 11 is -0.642. The van der Waals surface area contributed by atoms with Crippen LogP contribution in [0.3, 0.4) is 0 Å². The van der Waals surface area contributed by atoms with Gasteiger partial charge in [-0.2, -0.15) is 0 Å². The van der Waals surface area contributed by atoms with E-state index in [1.807, 2.05) is 49.4 Å². The number of amides is 1. The number of benzene rings is 3. The van der Waals surface area contributed by atoms with Gasteiger partial charge in [-0.1, -0.05) is 0 Å². The molecule has 0 saturated carbocycles. The van der Waals surface area contributed by atoms with Gasteiger partial charge in [0.1, 0.15) is 0 Å². The number of fused-ring (bicyclic) bond motifs is 3. The summed E-state index contributed by atoms with van der Waals surface area (Å²) in [6, 6.07) is 24.7. The number of likely N-dealkylation sites (tertiary alicyclic amines) is 1. The van der Waals surface area contributed by atoms with Gasteiger partial charge in [0.05, 0.1) is 0 Å². The predicted octanol–water partition coefficient (Wildman–Crippen LogP) is 2.92. The zero-order chi connectivity index (χ0) is 26.4. The number of para-hydroxylation sites is 1. The number of sulfonamides is 1. The van der Waals surface area contributed by atoms with E-state index in [0.29, 0.717) is 5.69 Å². The van der Waals surface area contributed by atoms with Crippen LogP contribution < -0.4 is 8.77 Å². The molecule has 1 saturated heterocycles. The average Bonchev–Trinajstić information content (AvgIpc) is 3.39. The minimum absolute atomic E-state index is 0.0899. The van der Waals surface area contributed by atoms with Crippen LogP contribution >= 0.6 is 0 Å². The van der Waals surface area contributed by atoms with Crippen molar-refractivity contribution in [3.8, 4) is 0 Å². The molecule has 2 aliphatic rings. The summed E-state index contributed by atoms with van der Waals surface area (Å²) in [5, 5.41) is 0. The summed E-state index contributed by atoms with van der Waals surface area (Å²) < 4.78 is 39.5. The van der Waals surface area contributed by atoms with Crippen molar-refractivity contribution >= 4 is 47.2 Å². The van der Waals surface area contributed by atoms with Gasteiger partial charge in [-0.15, -0.1) is 0 Å². The molecule has 2 heterocycles. The molecule has 3 aromatic carbocycles. The molecule has 5 rings (SSSR count). The number of methoxy groups -OCH3 is 2. The van der Waals surface area contributed by atoms with E-state index in [1.54, 1.807) is 30.3 Å². The van der Waals surface area contributed by atoms with Crippen molar-refractivity contribution in [1.29, 1.82) is 0 Å². The molecule has 0 unspecified atom stereocenters. The van der Waals surface area contributed by atoms with Crippen LogP contribution in [0.4, 0.5) is 10.5 Å². The van der Waals surface area contributed by atoms with E-state index in [2.05, 4.69) is 0 Å². The first-order chi connectivity index (χ1) is 17.8. The Labute approximate surface area is 222 Å². The molecule has 8 nitrogen and oxygen atoms in total. The number of ether oxygens (including phenoxy) is 2. The van der Waals surface area contributed by atoms with E-state index in [-0.39, 0.29) is 4.90 Å². The monoisotopic (exact) mass is 586 g/mol. The molecule has 192 valence electrons. The Balaban J connectivity index is 1.78. The first-order valence-corrected chi connectivity index (χ1v) is 14.8. The number of carbonyl (C=O) groups excluding carboxylic acids is 2. The second-order valence-corrected chi connectivity index (χ2v) is 13.4. The average molecular weight is 586 g/mol. The maximum atomic E-state index is 14.1. The predicted molar refractivity (Wildman–Crippen MR) is 139 cm³/mol. The van der Waals surface area contributed by atoms with Gasteiger partial charge in [-0.25, -0.2) is 0 Å². The second kappa shape index (κ2) is 9.52. The molecule has 3 aromatic rings. The van der Waals surface area contributed by atoms with Crippen molar-refractivity contribution in [2.45, 2.75) is 28.3 Å². The third kappa shape index (κ3) is 3.74. The SMILES string of the molecule is COC(=O)N1[C@@H]2[C@@H](c3ccccc3N2S(=O)(=O)c2ccccc2)[C@H](C)[C@@]1([Se]c1ccccc1)C(=O)OC. The molecule has 2 aliphatic heterocycles. The number of anilines is 1. The molecular weight excluding hydrogens is 559 g/mol. The van der Waals surface area contributed by atoms with E-state index in [4.69, 9.17) is 9.47 Å². The quantitative estimate of drug-likeness (QED) is 0.338. The zero-order valence-electron chi connectivity index (χ0n) is 20.5. The maximum absolute atomic E-state index is 14.1. The standard InChI is InChI=1S/C27H26N2O6SSe/c1-18-23-21-16-10-11-17-22(21)29(36(32,33)19-12-6-4-7-13-19)24(23)28(26(31)35-3)27(18,25(30)34-2)37-20-14-8-5-9-15-20/h4-18,23-24H,1-3H3/t18-,23+,24-,27+/m0/s1. The summed E-state index contributed by atoms with van der Waals surface area (Å²) in [7, 11) is -1.60. The van der Waals surface area contributed by atoms with Gasteiger partial charge in [0.15, 0.2) is 0 Å². The Morgan fingerprint density at radius 3 is 2.08 bits per heavy atom. The molecular formula is C27H26N2O6SSe. The van der Waals surface area contributed by atoms with E-state index in [1.165, 1.54) is 35.6 Å². The van der Waals surface area contributed by atoms with E-state index < -0.39 is 59.5 Å². The Morgan fingerprint density at radius 2 is 1.46 bits per heavy atom. The van der Waals surface area contributed by atoms with Crippen molar-refractivity contribution in [3.63, 3.8) is 0 Å². The number of nitrogens with zero attached hydrogens (tertiary/aromatic N) is 2. The van der Waals surface area contributed by atoms with Crippen molar-refractivity contribution in [3.05, 3.63) is 90.5 Å². The van der Waals surface area contributed by atoms with Crippen LogP contribution in [0.15, 0.2) is 89.8 Å². The summed E-state index contributed by atoms with van der Waals surface area (Å²) in [6.45, 7) is 1.89. The molecule has 10 heteroatoms. The molecule has 0 radical (unpaired) electrons. The fourth-order valence-electron chi connectivity index (χ4n) is 5.47. The fraction of sp³-hybridized carbons (Fsp3) is 0.259. The van der Waals surface area contributed by atoms with Crippen LogP contribution in [0, 0.1) is 5.92 Å². The summed E-state index contributed by atoms with van der Waals surface area (Å²) in [4.78, 5) is 28.7. The first-order valence-electron chi connectivity index (χ1n) is 11.7. The summed E-state index contributed by atoms with van der Waals surface area (Å²) in [5.74, 6) is -1.57. The molecule has 1 amide bonds. The van der Waals surface area contributed by atoms with Crippen LogP contribution in [0.2, 0.25) is 0 Å². The topological polar surface area (TPSA) is 93.2 Å². The second-order valence-electron chi connectivity index (χ2n) is 8.84. The Kier molecular flexibility index (Phi) is 6.52. The van der Waals surface area contributed by atoms with Crippen molar-refractivity contribution in [2.24, 2.45) is 5.92 Å². The number of rotatable bonds is 5. The third-order valence-electron chi connectivity index (χ3n) is 7.04. The molecule has 4 atom stereocenters. The molecule has 37 heavy (non-hydrogen) atoms.